The summed E-state index contributed by atoms with van der Waals surface area (Å²) < 4.78 is 11.3. The Balaban J connectivity index is 1.48. The van der Waals surface area contributed by atoms with Gasteiger partial charge in [-0.2, -0.15) is 0 Å². The van der Waals surface area contributed by atoms with Crippen molar-refractivity contribution >= 4 is 40.5 Å². The number of nitrogens with zero attached hydrogens (tertiary/aromatic N) is 1. The molecule has 0 aromatic heterocycles. The third-order valence-electron chi connectivity index (χ3n) is 4.67. The Hall–Kier alpha value is -3.91. The topological polar surface area (TPSA) is 79.9 Å². The summed E-state index contributed by atoms with van der Waals surface area (Å²) in [6, 6.07) is 23.4. The largest absolute Gasteiger partial charge is 0.490 e. The van der Waals surface area contributed by atoms with E-state index in [4.69, 9.17) is 21.7 Å². The number of hydrogen-bond donors (Lipinski definition) is 2. The number of rotatable bonds is 8. The van der Waals surface area contributed by atoms with Crippen molar-refractivity contribution in [2.75, 3.05) is 30.5 Å². The van der Waals surface area contributed by atoms with Crippen LogP contribution in [-0.4, -0.2) is 37.2 Å². The van der Waals surface area contributed by atoms with E-state index in [1.165, 1.54) is 11.8 Å². The number of carbonyl (C=O) groups excluding carboxylic acids is 2. The third kappa shape index (κ3) is 7.33. The molecule has 0 aliphatic heterocycles. The Morgan fingerprint density at radius 1 is 0.879 bits per heavy atom. The van der Waals surface area contributed by atoms with E-state index in [1.54, 1.807) is 55.6 Å². The zero-order chi connectivity index (χ0) is 23.6. The highest BCUT2D eigenvalue weighted by Gasteiger charge is 2.10. The van der Waals surface area contributed by atoms with Gasteiger partial charge in [-0.25, -0.2) is 0 Å². The Bertz CT molecular complexity index is 1100. The maximum absolute atomic E-state index is 12.6. The van der Waals surface area contributed by atoms with Crippen molar-refractivity contribution in [2.24, 2.45) is 0 Å². The lowest BCUT2D eigenvalue weighted by atomic mass is 10.2. The SMILES string of the molecule is CC(=O)N(C)c1ccc(NC(=S)NC(=O)c2cccc(OCCOc3ccccc3)c2)cc1. The van der Waals surface area contributed by atoms with E-state index in [1.807, 2.05) is 30.3 Å². The van der Waals surface area contributed by atoms with E-state index in [-0.39, 0.29) is 16.9 Å². The van der Waals surface area contributed by atoms with Crippen LogP contribution < -0.4 is 25.0 Å². The van der Waals surface area contributed by atoms with Crippen molar-refractivity contribution in [3.8, 4) is 11.5 Å². The molecule has 0 atom stereocenters. The first kappa shape index (κ1) is 23.7. The van der Waals surface area contributed by atoms with Crippen molar-refractivity contribution in [2.45, 2.75) is 6.92 Å². The molecule has 7 nitrogen and oxygen atoms in total. The Morgan fingerprint density at radius 2 is 1.52 bits per heavy atom. The second-order valence-electron chi connectivity index (χ2n) is 7.07. The first-order valence-electron chi connectivity index (χ1n) is 10.3. The molecule has 3 aromatic carbocycles. The average Bonchev–Trinajstić information content (AvgIpc) is 2.82. The fourth-order valence-corrected chi connectivity index (χ4v) is 3.06. The van der Waals surface area contributed by atoms with Gasteiger partial charge >= 0.3 is 0 Å². The number of ether oxygens (including phenoxy) is 2. The number of para-hydroxylation sites is 1. The number of carbonyl (C=O) groups is 2. The molecule has 8 heteroatoms. The summed E-state index contributed by atoms with van der Waals surface area (Å²) in [6.07, 6.45) is 0. The van der Waals surface area contributed by atoms with Gasteiger partial charge in [0.25, 0.3) is 5.91 Å². The summed E-state index contributed by atoms with van der Waals surface area (Å²) in [5.74, 6) is 0.916. The van der Waals surface area contributed by atoms with Crippen molar-refractivity contribution in [3.63, 3.8) is 0 Å². The maximum Gasteiger partial charge on any atom is 0.257 e. The van der Waals surface area contributed by atoms with Crippen LogP contribution in [0.15, 0.2) is 78.9 Å². The van der Waals surface area contributed by atoms with Crippen molar-refractivity contribution in [1.82, 2.24) is 5.32 Å². The van der Waals surface area contributed by atoms with Crippen LogP contribution in [0.1, 0.15) is 17.3 Å². The van der Waals surface area contributed by atoms with Gasteiger partial charge in [0.15, 0.2) is 5.11 Å². The number of benzene rings is 3. The lowest BCUT2D eigenvalue weighted by Gasteiger charge is -2.16. The second-order valence-corrected chi connectivity index (χ2v) is 7.48. The van der Waals surface area contributed by atoms with Crippen LogP contribution in [0.25, 0.3) is 0 Å². The molecule has 0 heterocycles. The van der Waals surface area contributed by atoms with E-state index in [0.29, 0.717) is 30.2 Å². The zero-order valence-corrected chi connectivity index (χ0v) is 19.2. The standard InChI is InChI=1S/C25H25N3O4S/c1-18(29)28(2)21-13-11-20(12-14-21)26-25(33)27-24(30)19-7-6-10-23(17-19)32-16-15-31-22-8-4-3-5-9-22/h3-14,17H,15-16H2,1-2H3,(H2,26,27,30,33). The van der Waals surface area contributed by atoms with Gasteiger partial charge < -0.3 is 19.7 Å². The average molecular weight is 464 g/mol. The molecule has 2 amide bonds. The smallest absolute Gasteiger partial charge is 0.257 e. The van der Waals surface area contributed by atoms with Gasteiger partial charge in [0, 0.05) is 30.9 Å². The predicted molar refractivity (Wildman–Crippen MR) is 133 cm³/mol. The molecule has 0 saturated carbocycles. The van der Waals surface area contributed by atoms with Crippen molar-refractivity contribution in [3.05, 3.63) is 84.4 Å². The first-order valence-corrected chi connectivity index (χ1v) is 10.7. The minimum absolute atomic E-state index is 0.0616. The predicted octanol–water partition coefficient (Wildman–Crippen LogP) is 4.25. The van der Waals surface area contributed by atoms with Crippen LogP contribution in [0.2, 0.25) is 0 Å². The molecule has 0 fully saturated rings. The van der Waals surface area contributed by atoms with Crippen LogP contribution in [-0.2, 0) is 4.79 Å². The first-order chi connectivity index (χ1) is 15.9. The molecular formula is C25H25N3O4S. The summed E-state index contributed by atoms with van der Waals surface area (Å²) >= 11 is 5.25. The van der Waals surface area contributed by atoms with Crippen LogP contribution in [0.4, 0.5) is 11.4 Å². The normalized spacial score (nSPS) is 10.1. The molecule has 3 aromatic rings. The summed E-state index contributed by atoms with van der Waals surface area (Å²) in [7, 11) is 1.70. The lowest BCUT2D eigenvalue weighted by Crippen LogP contribution is -2.34. The molecule has 170 valence electrons. The number of hydrogen-bond acceptors (Lipinski definition) is 5. The van der Waals surface area contributed by atoms with Gasteiger partial charge in [0.2, 0.25) is 5.91 Å². The molecule has 0 saturated heterocycles. The number of nitrogens with one attached hydrogen (secondary N) is 2. The Labute approximate surface area is 198 Å². The van der Waals surface area contributed by atoms with E-state index in [2.05, 4.69) is 10.6 Å². The van der Waals surface area contributed by atoms with E-state index in [0.717, 1.165) is 11.4 Å². The van der Waals surface area contributed by atoms with Gasteiger partial charge in [-0.1, -0.05) is 24.3 Å². The molecular weight excluding hydrogens is 438 g/mol. The van der Waals surface area contributed by atoms with E-state index < -0.39 is 0 Å². The second kappa shape index (κ2) is 11.6. The lowest BCUT2D eigenvalue weighted by molar-refractivity contribution is -0.116. The molecule has 0 aliphatic carbocycles. The van der Waals surface area contributed by atoms with Crippen molar-refractivity contribution < 1.29 is 19.1 Å². The van der Waals surface area contributed by atoms with Gasteiger partial charge in [-0.3, -0.25) is 14.9 Å². The van der Waals surface area contributed by atoms with E-state index >= 15 is 0 Å². The number of amides is 2. The molecule has 0 aliphatic rings. The summed E-state index contributed by atoms with van der Waals surface area (Å²) in [5.41, 5.74) is 1.87. The summed E-state index contributed by atoms with van der Waals surface area (Å²) in [6.45, 7) is 2.22. The Kier molecular flexibility index (Phi) is 8.37. The van der Waals surface area contributed by atoms with Crippen LogP contribution in [0.5, 0.6) is 11.5 Å². The molecule has 3 rings (SSSR count). The number of anilines is 2. The fraction of sp³-hybridized carbons (Fsp3) is 0.160. The molecule has 0 bridgehead atoms. The quantitative estimate of drug-likeness (QED) is 0.384. The minimum Gasteiger partial charge on any atom is -0.490 e. The van der Waals surface area contributed by atoms with Crippen LogP contribution in [0, 0.1) is 0 Å². The monoisotopic (exact) mass is 463 g/mol. The van der Waals surface area contributed by atoms with Gasteiger partial charge in [-0.15, -0.1) is 0 Å². The summed E-state index contributed by atoms with van der Waals surface area (Å²) in [5, 5.41) is 5.77. The molecule has 2 N–H and O–H groups in total. The van der Waals surface area contributed by atoms with Gasteiger partial charge in [0.1, 0.15) is 24.7 Å². The van der Waals surface area contributed by atoms with Gasteiger partial charge in [-0.05, 0) is 66.8 Å². The minimum atomic E-state index is -0.355. The highest BCUT2D eigenvalue weighted by Crippen LogP contribution is 2.17. The van der Waals surface area contributed by atoms with Crippen LogP contribution >= 0.6 is 12.2 Å². The number of thiocarbonyl (C=S) groups is 1. The third-order valence-corrected chi connectivity index (χ3v) is 4.88. The molecule has 0 spiro atoms. The van der Waals surface area contributed by atoms with E-state index in [9.17, 15) is 9.59 Å². The van der Waals surface area contributed by atoms with Crippen molar-refractivity contribution in [1.29, 1.82) is 0 Å². The fourth-order valence-electron chi connectivity index (χ4n) is 2.85. The zero-order valence-electron chi connectivity index (χ0n) is 18.4. The molecule has 33 heavy (non-hydrogen) atoms. The highest BCUT2D eigenvalue weighted by atomic mass is 32.1. The van der Waals surface area contributed by atoms with Gasteiger partial charge in [0.05, 0.1) is 0 Å². The molecule has 0 unspecified atom stereocenters. The highest BCUT2D eigenvalue weighted by molar-refractivity contribution is 7.80. The van der Waals surface area contributed by atoms with Crippen LogP contribution in [0.3, 0.4) is 0 Å². The summed E-state index contributed by atoms with van der Waals surface area (Å²) in [4.78, 5) is 25.5. The maximum atomic E-state index is 12.6. The Morgan fingerprint density at radius 3 is 2.18 bits per heavy atom. The molecule has 0 radical (unpaired) electrons.